The van der Waals surface area contributed by atoms with Crippen LogP contribution in [0.5, 0.6) is 0 Å². The summed E-state index contributed by atoms with van der Waals surface area (Å²) < 4.78 is 37.6. The first-order chi connectivity index (χ1) is 8.21. The zero-order valence-corrected chi connectivity index (χ0v) is 9.82. The molecule has 0 unspecified atom stereocenters. The van der Waals surface area contributed by atoms with E-state index in [4.69, 9.17) is 5.11 Å². The Morgan fingerprint density at radius 2 is 1.94 bits per heavy atom. The number of aliphatic carboxylic acids is 1. The summed E-state index contributed by atoms with van der Waals surface area (Å²) in [7, 11) is 3.19. The second kappa shape index (κ2) is 5.12. The first-order valence-corrected chi connectivity index (χ1v) is 5.01. The number of carbonyl (C=O) groups is 1. The lowest BCUT2D eigenvalue weighted by atomic mass is 10.0. The van der Waals surface area contributed by atoms with Gasteiger partial charge in [-0.25, -0.2) is 4.79 Å². The molecule has 0 aliphatic carbocycles. The molecular weight excluding hydrogens is 247 g/mol. The normalized spacial score (nSPS) is 12.4. The van der Waals surface area contributed by atoms with Crippen LogP contribution in [0.1, 0.15) is 11.1 Å². The molecule has 0 aliphatic rings. The number of alkyl halides is 3. The Morgan fingerprint density at radius 1 is 1.33 bits per heavy atom. The highest BCUT2D eigenvalue weighted by Crippen LogP contribution is 2.31. The van der Waals surface area contributed by atoms with E-state index in [0.717, 1.165) is 12.1 Å². The molecule has 1 rings (SSSR count). The molecule has 18 heavy (non-hydrogen) atoms. The SMILES string of the molecule is CN(C)C=C(C(=O)O)c1cccc(C(F)(F)F)c1. The van der Waals surface area contributed by atoms with Gasteiger partial charge in [0.1, 0.15) is 0 Å². The summed E-state index contributed by atoms with van der Waals surface area (Å²) in [5.41, 5.74) is -1.04. The van der Waals surface area contributed by atoms with Gasteiger partial charge in [0.2, 0.25) is 0 Å². The lowest BCUT2D eigenvalue weighted by molar-refractivity contribution is -0.137. The third-order valence-corrected chi connectivity index (χ3v) is 2.12. The minimum absolute atomic E-state index is 0.0195. The number of hydrogen-bond acceptors (Lipinski definition) is 2. The Labute approximate surface area is 102 Å². The van der Waals surface area contributed by atoms with Crippen LogP contribution in [0.2, 0.25) is 0 Å². The molecule has 1 aromatic carbocycles. The Kier molecular flexibility index (Phi) is 4.00. The van der Waals surface area contributed by atoms with Crippen molar-refractivity contribution in [3.05, 3.63) is 41.6 Å². The number of hydrogen-bond donors (Lipinski definition) is 1. The molecule has 0 heterocycles. The van der Waals surface area contributed by atoms with Crippen molar-refractivity contribution in [2.24, 2.45) is 0 Å². The van der Waals surface area contributed by atoms with E-state index >= 15 is 0 Å². The molecule has 0 fully saturated rings. The van der Waals surface area contributed by atoms with Gasteiger partial charge in [0.25, 0.3) is 0 Å². The Balaban J connectivity index is 3.27. The molecule has 0 saturated heterocycles. The van der Waals surface area contributed by atoms with Gasteiger partial charge < -0.3 is 10.0 Å². The van der Waals surface area contributed by atoms with Gasteiger partial charge in [-0.15, -0.1) is 0 Å². The largest absolute Gasteiger partial charge is 0.478 e. The standard InChI is InChI=1S/C12H12F3NO2/c1-16(2)7-10(11(17)18)8-4-3-5-9(6-8)12(13,14)15/h3-7H,1-2H3,(H,17,18). The summed E-state index contributed by atoms with van der Waals surface area (Å²) in [4.78, 5) is 12.5. The van der Waals surface area contributed by atoms with E-state index in [0.29, 0.717) is 0 Å². The van der Waals surface area contributed by atoms with Crippen molar-refractivity contribution in [3.8, 4) is 0 Å². The van der Waals surface area contributed by atoms with Crippen LogP contribution < -0.4 is 0 Å². The average molecular weight is 259 g/mol. The summed E-state index contributed by atoms with van der Waals surface area (Å²) in [5, 5.41) is 8.99. The van der Waals surface area contributed by atoms with Crippen LogP contribution in [0.25, 0.3) is 5.57 Å². The zero-order chi connectivity index (χ0) is 13.9. The Hall–Kier alpha value is -1.98. The van der Waals surface area contributed by atoms with Crippen LogP contribution in [0.4, 0.5) is 13.2 Å². The lowest BCUT2D eigenvalue weighted by Gasteiger charge is -2.11. The molecule has 3 nitrogen and oxygen atoms in total. The molecule has 0 spiro atoms. The van der Waals surface area contributed by atoms with Crippen LogP contribution in [-0.4, -0.2) is 30.1 Å². The maximum atomic E-state index is 12.5. The van der Waals surface area contributed by atoms with Crippen molar-refractivity contribution in [2.75, 3.05) is 14.1 Å². The first-order valence-electron chi connectivity index (χ1n) is 5.01. The summed E-state index contributed by atoms with van der Waals surface area (Å²) in [6.45, 7) is 0. The summed E-state index contributed by atoms with van der Waals surface area (Å²) in [6, 6.07) is 4.24. The highest BCUT2D eigenvalue weighted by atomic mass is 19.4. The van der Waals surface area contributed by atoms with Crippen molar-refractivity contribution in [1.82, 2.24) is 4.90 Å². The monoisotopic (exact) mass is 259 g/mol. The predicted molar refractivity (Wildman–Crippen MR) is 60.7 cm³/mol. The first kappa shape index (κ1) is 14.1. The van der Waals surface area contributed by atoms with Crippen LogP contribution in [-0.2, 0) is 11.0 Å². The third-order valence-electron chi connectivity index (χ3n) is 2.12. The maximum Gasteiger partial charge on any atom is 0.416 e. The summed E-state index contributed by atoms with van der Waals surface area (Å²) in [6.07, 6.45) is -3.23. The molecule has 6 heteroatoms. The van der Waals surface area contributed by atoms with E-state index in [1.165, 1.54) is 23.2 Å². The van der Waals surface area contributed by atoms with Crippen LogP contribution >= 0.6 is 0 Å². The van der Waals surface area contributed by atoms with E-state index in [1.807, 2.05) is 0 Å². The molecule has 98 valence electrons. The smallest absolute Gasteiger partial charge is 0.416 e. The molecule has 0 aliphatic heterocycles. The second-order valence-electron chi connectivity index (χ2n) is 3.89. The van der Waals surface area contributed by atoms with Crippen molar-refractivity contribution in [3.63, 3.8) is 0 Å². The fraction of sp³-hybridized carbons (Fsp3) is 0.250. The third kappa shape index (κ3) is 3.51. The molecule has 0 bridgehead atoms. The van der Waals surface area contributed by atoms with Crippen LogP contribution in [0.3, 0.4) is 0 Å². The van der Waals surface area contributed by atoms with E-state index in [-0.39, 0.29) is 11.1 Å². The van der Waals surface area contributed by atoms with Gasteiger partial charge in [-0.2, -0.15) is 13.2 Å². The molecule has 0 saturated carbocycles. The highest BCUT2D eigenvalue weighted by molar-refractivity contribution is 6.15. The van der Waals surface area contributed by atoms with Crippen molar-refractivity contribution in [1.29, 1.82) is 0 Å². The fourth-order valence-electron chi connectivity index (χ4n) is 1.37. The minimum Gasteiger partial charge on any atom is -0.478 e. The predicted octanol–water partition coefficient (Wildman–Crippen LogP) is 2.69. The maximum absolute atomic E-state index is 12.5. The molecule has 0 atom stereocenters. The molecule has 0 amide bonds. The van der Waals surface area contributed by atoms with Gasteiger partial charge in [0.05, 0.1) is 11.1 Å². The van der Waals surface area contributed by atoms with Gasteiger partial charge >= 0.3 is 12.1 Å². The van der Waals surface area contributed by atoms with Crippen molar-refractivity contribution in [2.45, 2.75) is 6.18 Å². The Morgan fingerprint density at radius 3 is 2.39 bits per heavy atom. The number of nitrogens with zero attached hydrogens (tertiary/aromatic N) is 1. The quantitative estimate of drug-likeness (QED) is 0.848. The van der Waals surface area contributed by atoms with E-state index in [1.54, 1.807) is 14.1 Å². The van der Waals surface area contributed by atoms with Crippen molar-refractivity contribution < 1.29 is 23.1 Å². The van der Waals surface area contributed by atoms with Gasteiger partial charge in [0, 0.05) is 20.3 Å². The highest BCUT2D eigenvalue weighted by Gasteiger charge is 2.30. The topological polar surface area (TPSA) is 40.5 Å². The number of benzene rings is 1. The number of carboxylic acid groups (broad SMARTS) is 1. The molecule has 0 aromatic heterocycles. The number of halogens is 3. The van der Waals surface area contributed by atoms with Gasteiger partial charge in [-0.05, 0) is 17.7 Å². The van der Waals surface area contributed by atoms with E-state index < -0.39 is 17.7 Å². The fourth-order valence-corrected chi connectivity index (χ4v) is 1.37. The Bertz CT molecular complexity index is 478. The van der Waals surface area contributed by atoms with Crippen LogP contribution in [0.15, 0.2) is 30.5 Å². The zero-order valence-electron chi connectivity index (χ0n) is 9.82. The number of carboxylic acids is 1. The van der Waals surface area contributed by atoms with Gasteiger partial charge in [-0.1, -0.05) is 12.1 Å². The molecule has 0 radical (unpaired) electrons. The minimum atomic E-state index is -4.49. The van der Waals surface area contributed by atoms with Crippen LogP contribution in [0, 0.1) is 0 Å². The average Bonchev–Trinajstić information content (AvgIpc) is 2.24. The molecule has 1 aromatic rings. The summed E-state index contributed by atoms with van der Waals surface area (Å²) in [5.74, 6) is -1.27. The van der Waals surface area contributed by atoms with Gasteiger partial charge in [-0.3, -0.25) is 0 Å². The molecular formula is C12H12F3NO2. The van der Waals surface area contributed by atoms with E-state index in [2.05, 4.69) is 0 Å². The molecule has 1 N–H and O–H groups in total. The second-order valence-corrected chi connectivity index (χ2v) is 3.89. The summed E-state index contributed by atoms with van der Waals surface area (Å²) >= 11 is 0. The van der Waals surface area contributed by atoms with E-state index in [9.17, 15) is 18.0 Å². The van der Waals surface area contributed by atoms with Crippen molar-refractivity contribution >= 4 is 11.5 Å². The number of rotatable bonds is 3. The lowest BCUT2D eigenvalue weighted by Crippen LogP contribution is -2.10. The van der Waals surface area contributed by atoms with Gasteiger partial charge in [0.15, 0.2) is 0 Å².